The van der Waals surface area contributed by atoms with E-state index in [-0.39, 0.29) is 0 Å². The summed E-state index contributed by atoms with van der Waals surface area (Å²) in [6, 6.07) is 0.694. The molecule has 100 valence electrons. The summed E-state index contributed by atoms with van der Waals surface area (Å²) in [4.78, 5) is 5.30. The van der Waals surface area contributed by atoms with Crippen molar-refractivity contribution in [3.8, 4) is 0 Å². The first-order valence-corrected chi connectivity index (χ1v) is 7.41. The fraction of sp³-hybridized carbons (Fsp3) is 1.00. The molecule has 0 radical (unpaired) electrons. The molecule has 3 nitrogen and oxygen atoms in total. The number of likely N-dealkylation sites (N-methyl/N-ethyl adjacent to an activating group) is 1. The molecule has 0 bridgehead atoms. The first-order chi connectivity index (χ1) is 8.22. The van der Waals surface area contributed by atoms with Gasteiger partial charge in [-0.05, 0) is 26.3 Å². The van der Waals surface area contributed by atoms with Crippen molar-refractivity contribution in [3.05, 3.63) is 0 Å². The van der Waals surface area contributed by atoms with Gasteiger partial charge in [-0.3, -0.25) is 9.80 Å². The molecule has 2 N–H and O–H groups in total. The average Bonchev–Trinajstić information content (AvgIpc) is 2.39. The Hall–Kier alpha value is -0.120. The van der Waals surface area contributed by atoms with Crippen LogP contribution in [0.25, 0.3) is 0 Å². The van der Waals surface area contributed by atoms with Crippen molar-refractivity contribution in [3.63, 3.8) is 0 Å². The van der Waals surface area contributed by atoms with E-state index in [0.29, 0.717) is 11.6 Å². The van der Waals surface area contributed by atoms with Gasteiger partial charge in [-0.2, -0.15) is 0 Å². The van der Waals surface area contributed by atoms with Crippen LogP contribution in [0.1, 0.15) is 46.0 Å². The molecular formula is C14H29N3. The van der Waals surface area contributed by atoms with Gasteiger partial charge in [0.25, 0.3) is 0 Å². The second-order valence-corrected chi connectivity index (χ2v) is 5.91. The van der Waals surface area contributed by atoms with E-state index in [1.807, 2.05) is 0 Å². The molecule has 3 heteroatoms. The first-order valence-electron chi connectivity index (χ1n) is 7.41. The van der Waals surface area contributed by atoms with Crippen LogP contribution in [0.2, 0.25) is 0 Å². The molecule has 0 spiro atoms. The molecule has 1 aliphatic carbocycles. The Balaban J connectivity index is 2.01. The summed E-state index contributed by atoms with van der Waals surface area (Å²) >= 11 is 0. The Bertz CT molecular complexity index is 236. The third-order valence-electron chi connectivity index (χ3n) is 5.01. The van der Waals surface area contributed by atoms with E-state index < -0.39 is 0 Å². The molecule has 2 aliphatic rings. The van der Waals surface area contributed by atoms with Crippen LogP contribution in [-0.2, 0) is 0 Å². The zero-order chi connectivity index (χ0) is 12.3. The van der Waals surface area contributed by atoms with Crippen LogP contribution in [0, 0.1) is 0 Å². The van der Waals surface area contributed by atoms with Crippen molar-refractivity contribution >= 4 is 0 Å². The molecular weight excluding hydrogens is 210 g/mol. The fourth-order valence-corrected chi connectivity index (χ4v) is 3.76. The van der Waals surface area contributed by atoms with Gasteiger partial charge in [0.2, 0.25) is 0 Å². The molecule has 1 saturated heterocycles. The topological polar surface area (TPSA) is 32.5 Å². The highest BCUT2D eigenvalue weighted by Crippen LogP contribution is 2.34. The Morgan fingerprint density at radius 1 is 1.18 bits per heavy atom. The van der Waals surface area contributed by atoms with Crippen LogP contribution in [0.4, 0.5) is 0 Å². The number of rotatable bonds is 3. The summed E-state index contributed by atoms with van der Waals surface area (Å²) < 4.78 is 0. The molecule has 0 amide bonds. The summed E-state index contributed by atoms with van der Waals surface area (Å²) in [5, 5.41) is 0. The number of hydrogen-bond acceptors (Lipinski definition) is 3. The standard InChI is InChI=1S/C14H29N3/c1-3-16-9-10-17(11-13(16)2)14(12-15)7-5-4-6-8-14/h13H,3-12,15H2,1-2H3. The second-order valence-electron chi connectivity index (χ2n) is 5.91. The molecule has 1 unspecified atom stereocenters. The third-order valence-corrected chi connectivity index (χ3v) is 5.01. The van der Waals surface area contributed by atoms with Crippen LogP contribution < -0.4 is 5.73 Å². The Morgan fingerprint density at radius 3 is 2.41 bits per heavy atom. The van der Waals surface area contributed by atoms with Crippen LogP contribution in [0.15, 0.2) is 0 Å². The van der Waals surface area contributed by atoms with Crippen LogP contribution in [0.5, 0.6) is 0 Å². The quantitative estimate of drug-likeness (QED) is 0.813. The highest BCUT2D eigenvalue weighted by atomic mass is 15.3. The van der Waals surface area contributed by atoms with Gasteiger partial charge in [0, 0.05) is 37.8 Å². The lowest BCUT2D eigenvalue weighted by Crippen LogP contribution is -2.63. The maximum absolute atomic E-state index is 6.13. The van der Waals surface area contributed by atoms with Crippen molar-refractivity contribution in [1.29, 1.82) is 0 Å². The maximum Gasteiger partial charge on any atom is 0.0332 e. The molecule has 1 aliphatic heterocycles. The maximum atomic E-state index is 6.13. The van der Waals surface area contributed by atoms with E-state index in [2.05, 4.69) is 23.6 Å². The zero-order valence-corrected chi connectivity index (χ0v) is 11.6. The summed E-state index contributed by atoms with van der Waals surface area (Å²) in [6.07, 6.45) is 6.80. The summed E-state index contributed by atoms with van der Waals surface area (Å²) in [5.41, 5.74) is 6.47. The van der Waals surface area contributed by atoms with Gasteiger partial charge in [0.15, 0.2) is 0 Å². The predicted octanol–water partition coefficient (Wildman–Crippen LogP) is 1.67. The SMILES string of the molecule is CCN1CCN(C2(CN)CCCCC2)CC1C. The Morgan fingerprint density at radius 2 is 1.88 bits per heavy atom. The lowest BCUT2D eigenvalue weighted by Gasteiger charge is -2.51. The summed E-state index contributed by atoms with van der Waals surface area (Å²) in [7, 11) is 0. The van der Waals surface area contributed by atoms with Gasteiger partial charge in [0.1, 0.15) is 0 Å². The van der Waals surface area contributed by atoms with Crippen molar-refractivity contribution in [2.75, 3.05) is 32.7 Å². The Kier molecular flexibility index (Phi) is 4.45. The summed E-state index contributed by atoms with van der Waals surface area (Å²) in [5.74, 6) is 0. The molecule has 0 aromatic carbocycles. The third kappa shape index (κ3) is 2.67. The monoisotopic (exact) mass is 239 g/mol. The van der Waals surface area contributed by atoms with Crippen molar-refractivity contribution in [1.82, 2.24) is 9.80 Å². The number of piperazine rings is 1. The van der Waals surface area contributed by atoms with Gasteiger partial charge in [0.05, 0.1) is 0 Å². The molecule has 1 saturated carbocycles. The second kappa shape index (κ2) is 5.68. The molecule has 0 aromatic heterocycles. The lowest BCUT2D eigenvalue weighted by molar-refractivity contribution is -0.00869. The van der Waals surface area contributed by atoms with E-state index in [1.165, 1.54) is 58.3 Å². The molecule has 1 heterocycles. The smallest absolute Gasteiger partial charge is 0.0332 e. The molecule has 0 aromatic rings. The van der Waals surface area contributed by atoms with Crippen molar-refractivity contribution < 1.29 is 0 Å². The molecule has 17 heavy (non-hydrogen) atoms. The van der Waals surface area contributed by atoms with Crippen LogP contribution in [-0.4, -0.2) is 54.1 Å². The van der Waals surface area contributed by atoms with Gasteiger partial charge in [-0.1, -0.05) is 26.2 Å². The predicted molar refractivity (Wildman–Crippen MR) is 73.2 cm³/mol. The van der Waals surface area contributed by atoms with Crippen LogP contribution >= 0.6 is 0 Å². The minimum atomic E-state index is 0.340. The summed E-state index contributed by atoms with van der Waals surface area (Å²) in [6.45, 7) is 10.3. The van der Waals surface area contributed by atoms with Gasteiger partial charge in [-0.15, -0.1) is 0 Å². The van der Waals surface area contributed by atoms with E-state index >= 15 is 0 Å². The molecule has 1 atom stereocenters. The minimum absolute atomic E-state index is 0.340. The van der Waals surface area contributed by atoms with E-state index in [4.69, 9.17) is 5.73 Å². The van der Waals surface area contributed by atoms with E-state index in [1.54, 1.807) is 0 Å². The van der Waals surface area contributed by atoms with Gasteiger partial charge >= 0.3 is 0 Å². The highest BCUT2D eigenvalue weighted by Gasteiger charge is 2.39. The van der Waals surface area contributed by atoms with Gasteiger partial charge in [-0.25, -0.2) is 0 Å². The van der Waals surface area contributed by atoms with E-state index in [9.17, 15) is 0 Å². The van der Waals surface area contributed by atoms with Crippen LogP contribution in [0.3, 0.4) is 0 Å². The minimum Gasteiger partial charge on any atom is -0.329 e. The largest absolute Gasteiger partial charge is 0.329 e. The number of nitrogens with zero attached hydrogens (tertiary/aromatic N) is 2. The highest BCUT2D eigenvalue weighted by molar-refractivity contribution is 4.97. The zero-order valence-electron chi connectivity index (χ0n) is 11.6. The molecule has 2 rings (SSSR count). The fourth-order valence-electron chi connectivity index (χ4n) is 3.76. The normalized spacial score (nSPS) is 31.6. The number of hydrogen-bond donors (Lipinski definition) is 1. The molecule has 2 fully saturated rings. The van der Waals surface area contributed by atoms with Gasteiger partial charge < -0.3 is 5.73 Å². The van der Waals surface area contributed by atoms with E-state index in [0.717, 1.165) is 6.54 Å². The lowest BCUT2D eigenvalue weighted by atomic mass is 9.79. The van der Waals surface area contributed by atoms with Crippen molar-refractivity contribution in [2.45, 2.75) is 57.5 Å². The number of nitrogens with two attached hydrogens (primary N) is 1. The Labute approximate surface area is 106 Å². The first kappa shape index (κ1) is 13.3. The average molecular weight is 239 g/mol. The van der Waals surface area contributed by atoms with Crippen molar-refractivity contribution in [2.24, 2.45) is 5.73 Å².